The Bertz CT molecular complexity index is 401. The monoisotopic (exact) mass is 278 g/mol. The highest BCUT2D eigenvalue weighted by molar-refractivity contribution is 7.98. The lowest BCUT2D eigenvalue weighted by atomic mass is 10.1. The molecule has 0 fully saturated rings. The first-order chi connectivity index (χ1) is 9.26. The first-order valence-corrected chi connectivity index (χ1v) is 7.94. The Balaban J connectivity index is 2.26. The van der Waals surface area contributed by atoms with Crippen LogP contribution in [0.25, 0.3) is 0 Å². The van der Waals surface area contributed by atoms with Crippen molar-refractivity contribution in [3.8, 4) is 0 Å². The van der Waals surface area contributed by atoms with Crippen LogP contribution >= 0.6 is 11.8 Å². The zero-order valence-corrected chi connectivity index (χ0v) is 12.5. The highest BCUT2D eigenvalue weighted by atomic mass is 32.2. The molecule has 0 aliphatic rings. The second-order valence-electron chi connectivity index (χ2n) is 4.38. The number of carbonyl (C=O) groups excluding carboxylic acids is 1. The summed E-state index contributed by atoms with van der Waals surface area (Å²) in [4.78, 5) is 12.7. The molecular formula is C15H22N2OS. The maximum atomic E-state index is 11.5. The molecule has 0 spiro atoms. The highest BCUT2D eigenvalue weighted by Crippen LogP contribution is 2.13. The zero-order chi connectivity index (χ0) is 13.9. The van der Waals surface area contributed by atoms with Crippen molar-refractivity contribution >= 4 is 23.9 Å². The van der Waals surface area contributed by atoms with Crippen LogP contribution in [0.15, 0.2) is 34.3 Å². The van der Waals surface area contributed by atoms with Crippen molar-refractivity contribution < 1.29 is 4.79 Å². The quantitative estimate of drug-likeness (QED) is 0.340. The van der Waals surface area contributed by atoms with E-state index in [1.54, 1.807) is 18.0 Å². The molecular weight excluding hydrogens is 256 g/mol. The number of thioether (sulfide) groups is 1. The Morgan fingerprint density at radius 3 is 2.63 bits per heavy atom. The van der Waals surface area contributed by atoms with Gasteiger partial charge in [-0.1, -0.05) is 38.3 Å². The lowest BCUT2D eigenvalue weighted by Gasteiger charge is -2.00. The van der Waals surface area contributed by atoms with Gasteiger partial charge in [0.05, 0.1) is 6.21 Å². The van der Waals surface area contributed by atoms with E-state index in [-0.39, 0.29) is 5.91 Å². The molecule has 4 heteroatoms. The molecule has 3 nitrogen and oxygen atoms in total. The average Bonchev–Trinajstić information content (AvgIpc) is 2.44. The molecule has 1 aromatic carbocycles. The van der Waals surface area contributed by atoms with Gasteiger partial charge in [0.1, 0.15) is 0 Å². The fourth-order valence-electron chi connectivity index (χ4n) is 1.64. The van der Waals surface area contributed by atoms with Gasteiger partial charge < -0.3 is 0 Å². The van der Waals surface area contributed by atoms with Gasteiger partial charge in [-0.25, -0.2) is 5.43 Å². The van der Waals surface area contributed by atoms with E-state index in [0.29, 0.717) is 6.42 Å². The summed E-state index contributed by atoms with van der Waals surface area (Å²) in [6.45, 7) is 2.16. The van der Waals surface area contributed by atoms with Crippen molar-refractivity contribution in [1.29, 1.82) is 0 Å². The summed E-state index contributed by atoms with van der Waals surface area (Å²) in [5, 5.41) is 3.96. The largest absolute Gasteiger partial charge is 0.273 e. The third-order valence-electron chi connectivity index (χ3n) is 2.78. The van der Waals surface area contributed by atoms with Crippen LogP contribution in [0.4, 0.5) is 0 Å². The third kappa shape index (κ3) is 7.01. The number of amides is 1. The Morgan fingerprint density at radius 2 is 2.00 bits per heavy atom. The number of hydrogen-bond acceptors (Lipinski definition) is 3. The Labute approximate surface area is 119 Å². The minimum atomic E-state index is -0.00640. The standard InChI is InChI=1S/C15H22N2OS/c1-3-4-5-6-7-15(18)17-16-12-13-8-10-14(19-2)11-9-13/h8-12H,3-7H2,1-2H3,(H,17,18). The molecule has 0 atom stereocenters. The Kier molecular flexibility index (Phi) is 7.98. The zero-order valence-electron chi connectivity index (χ0n) is 11.7. The van der Waals surface area contributed by atoms with E-state index in [1.165, 1.54) is 17.7 Å². The molecule has 1 amide bonds. The number of hydrogen-bond donors (Lipinski definition) is 1. The summed E-state index contributed by atoms with van der Waals surface area (Å²) >= 11 is 1.71. The maximum absolute atomic E-state index is 11.5. The summed E-state index contributed by atoms with van der Waals surface area (Å²) in [5.41, 5.74) is 3.55. The second-order valence-corrected chi connectivity index (χ2v) is 5.26. The van der Waals surface area contributed by atoms with Crippen LogP contribution in [0.5, 0.6) is 0 Å². The minimum Gasteiger partial charge on any atom is -0.273 e. The summed E-state index contributed by atoms with van der Waals surface area (Å²) in [7, 11) is 0. The number of nitrogens with one attached hydrogen (secondary N) is 1. The number of rotatable bonds is 8. The maximum Gasteiger partial charge on any atom is 0.240 e. The Morgan fingerprint density at radius 1 is 1.26 bits per heavy atom. The van der Waals surface area contributed by atoms with Gasteiger partial charge in [0.15, 0.2) is 0 Å². The number of carbonyl (C=O) groups is 1. The molecule has 0 aliphatic carbocycles. The van der Waals surface area contributed by atoms with E-state index in [9.17, 15) is 4.79 Å². The van der Waals surface area contributed by atoms with E-state index >= 15 is 0 Å². The van der Waals surface area contributed by atoms with Crippen molar-refractivity contribution in [2.75, 3.05) is 6.26 Å². The predicted molar refractivity (Wildman–Crippen MR) is 82.7 cm³/mol. The van der Waals surface area contributed by atoms with Crippen LogP contribution in [0.3, 0.4) is 0 Å². The predicted octanol–water partition coefficient (Wildman–Crippen LogP) is 3.83. The van der Waals surface area contributed by atoms with E-state index in [4.69, 9.17) is 0 Å². The van der Waals surface area contributed by atoms with Crippen molar-refractivity contribution in [3.63, 3.8) is 0 Å². The van der Waals surface area contributed by atoms with Crippen molar-refractivity contribution in [1.82, 2.24) is 5.43 Å². The summed E-state index contributed by atoms with van der Waals surface area (Å²) < 4.78 is 0. The van der Waals surface area contributed by atoms with Crippen LogP contribution in [-0.2, 0) is 4.79 Å². The number of benzene rings is 1. The minimum absolute atomic E-state index is 0.00640. The molecule has 0 saturated carbocycles. The van der Waals surface area contributed by atoms with E-state index in [0.717, 1.165) is 18.4 Å². The SMILES string of the molecule is CCCCCCC(=O)NN=Cc1ccc(SC)cc1. The van der Waals surface area contributed by atoms with Crippen molar-refractivity contribution in [2.45, 2.75) is 43.9 Å². The summed E-state index contributed by atoms with van der Waals surface area (Å²) in [5.74, 6) is -0.00640. The van der Waals surface area contributed by atoms with Crippen LogP contribution in [-0.4, -0.2) is 18.4 Å². The van der Waals surface area contributed by atoms with E-state index < -0.39 is 0 Å². The lowest BCUT2D eigenvalue weighted by molar-refractivity contribution is -0.121. The van der Waals surface area contributed by atoms with Gasteiger partial charge in [0, 0.05) is 11.3 Å². The molecule has 0 saturated heterocycles. The second kappa shape index (κ2) is 9.62. The van der Waals surface area contributed by atoms with E-state index in [1.807, 2.05) is 30.5 Å². The molecule has 19 heavy (non-hydrogen) atoms. The van der Waals surface area contributed by atoms with Crippen LogP contribution in [0, 0.1) is 0 Å². The molecule has 0 aliphatic heterocycles. The lowest BCUT2D eigenvalue weighted by Crippen LogP contribution is -2.16. The smallest absolute Gasteiger partial charge is 0.240 e. The Hall–Kier alpha value is -1.29. The van der Waals surface area contributed by atoms with Crippen LogP contribution in [0.2, 0.25) is 0 Å². The molecule has 0 heterocycles. The molecule has 1 rings (SSSR count). The summed E-state index contributed by atoms with van der Waals surface area (Å²) in [6.07, 6.45) is 8.71. The highest BCUT2D eigenvalue weighted by Gasteiger charge is 1.98. The fraction of sp³-hybridized carbons (Fsp3) is 0.467. The molecule has 1 N–H and O–H groups in total. The number of hydrazone groups is 1. The molecule has 104 valence electrons. The van der Waals surface area contributed by atoms with Gasteiger partial charge >= 0.3 is 0 Å². The van der Waals surface area contributed by atoms with Crippen LogP contribution < -0.4 is 5.43 Å². The van der Waals surface area contributed by atoms with Gasteiger partial charge in [-0.2, -0.15) is 5.10 Å². The average molecular weight is 278 g/mol. The van der Waals surface area contributed by atoms with Crippen LogP contribution in [0.1, 0.15) is 44.6 Å². The fourth-order valence-corrected chi connectivity index (χ4v) is 2.05. The van der Waals surface area contributed by atoms with Gasteiger partial charge in [-0.15, -0.1) is 11.8 Å². The molecule has 0 radical (unpaired) electrons. The first-order valence-electron chi connectivity index (χ1n) is 6.72. The van der Waals surface area contributed by atoms with Crippen molar-refractivity contribution in [3.05, 3.63) is 29.8 Å². The number of nitrogens with zero attached hydrogens (tertiary/aromatic N) is 1. The normalized spacial score (nSPS) is 10.8. The third-order valence-corrected chi connectivity index (χ3v) is 3.52. The molecule has 1 aromatic rings. The summed E-state index contributed by atoms with van der Waals surface area (Å²) in [6, 6.07) is 8.06. The topological polar surface area (TPSA) is 41.5 Å². The molecule has 0 bridgehead atoms. The van der Waals surface area contributed by atoms with E-state index in [2.05, 4.69) is 17.5 Å². The van der Waals surface area contributed by atoms with Gasteiger partial charge in [-0.05, 0) is 30.4 Å². The first kappa shape index (κ1) is 15.8. The molecule has 0 unspecified atom stereocenters. The molecule has 0 aromatic heterocycles. The van der Waals surface area contributed by atoms with Crippen molar-refractivity contribution in [2.24, 2.45) is 5.10 Å². The van der Waals surface area contributed by atoms with Gasteiger partial charge in [0.25, 0.3) is 0 Å². The van der Waals surface area contributed by atoms with Gasteiger partial charge in [-0.3, -0.25) is 4.79 Å². The van der Waals surface area contributed by atoms with Gasteiger partial charge in [0.2, 0.25) is 5.91 Å². The number of unbranched alkanes of at least 4 members (excludes halogenated alkanes) is 3.